The van der Waals surface area contributed by atoms with Crippen molar-refractivity contribution in [2.75, 3.05) is 31.8 Å². The highest BCUT2D eigenvalue weighted by Crippen LogP contribution is 2.10. The Bertz CT molecular complexity index is 196. The summed E-state index contributed by atoms with van der Waals surface area (Å²) < 4.78 is 5.23. The lowest BCUT2D eigenvalue weighted by Crippen LogP contribution is -2.42. The van der Waals surface area contributed by atoms with E-state index < -0.39 is 0 Å². The van der Waals surface area contributed by atoms with Crippen molar-refractivity contribution in [3.63, 3.8) is 0 Å². The maximum atomic E-state index is 11.5. The molecule has 1 saturated heterocycles. The van der Waals surface area contributed by atoms with Crippen LogP contribution in [0.25, 0.3) is 0 Å². The monoisotopic (exact) mass is 232 g/mol. The smallest absolute Gasteiger partial charge is 0.236 e. The number of ether oxygens (including phenoxy) is 1. The summed E-state index contributed by atoms with van der Waals surface area (Å²) in [4.78, 5) is 11.5. The number of rotatable bonds is 6. The molecule has 1 aliphatic rings. The van der Waals surface area contributed by atoms with E-state index in [1.54, 1.807) is 11.8 Å². The van der Waals surface area contributed by atoms with Crippen molar-refractivity contribution in [3.05, 3.63) is 0 Å². The number of nitrogens with one attached hydrogen (secondary N) is 1. The molecule has 3 N–H and O–H groups in total. The number of thioether (sulfide) groups is 1. The summed E-state index contributed by atoms with van der Waals surface area (Å²) in [6, 6.07) is -0.361. The van der Waals surface area contributed by atoms with Crippen molar-refractivity contribution in [1.82, 2.24) is 5.32 Å². The topological polar surface area (TPSA) is 64.4 Å². The van der Waals surface area contributed by atoms with Gasteiger partial charge in [-0.1, -0.05) is 0 Å². The lowest BCUT2D eigenvalue weighted by Gasteiger charge is -2.13. The van der Waals surface area contributed by atoms with E-state index in [1.165, 1.54) is 0 Å². The molecule has 0 radical (unpaired) electrons. The standard InChI is InChI=1S/C10H20N2O2S/c1-15-5-3-9(11)10(13)12-6-8-2-4-14-7-8/h8-9H,2-7,11H2,1H3,(H,12,13)/t8?,9-/m0/s1. The van der Waals surface area contributed by atoms with E-state index in [0.717, 1.165) is 31.8 Å². The first-order valence-corrected chi connectivity index (χ1v) is 6.73. The summed E-state index contributed by atoms with van der Waals surface area (Å²) in [6.45, 7) is 2.28. The average molecular weight is 232 g/mol. The Morgan fingerprint density at radius 3 is 3.13 bits per heavy atom. The Morgan fingerprint density at radius 1 is 1.73 bits per heavy atom. The van der Waals surface area contributed by atoms with E-state index in [0.29, 0.717) is 12.5 Å². The first-order valence-electron chi connectivity index (χ1n) is 5.34. The Hall–Kier alpha value is -0.260. The zero-order chi connectivity index (χ0) is 11.1. The summed E-state index contributed by atoms with van der Waals surface area (Å²) >= 11 is 1.71. The third kappa shape index (κ3) is 4.86. The lowest BCUT2D eigenvalue weighted by atomic mass is 10.1. The maximum Gasteiger partial charge on any atom is 0.236 e. The molecule has 1 fully saturated rings. The zero-order valence-corrected chi connectivity index (χ0v) is 10.0. The minimum atomic E-state index is -0.361. The number of hydrogen-bond donors (Lipinski definition) is 2. The molecular formula is C10H20N2O2S. The Morgan fingerprint density at radius 2 is 2.53 bits per heavy atom. The second-order valence-electron chi connectivity index (χ2n) is 3.86. The van der Waals surface area contributed by atoms with E-state index in [2.05, 4.69) is 5.32 Å². The second kappa shape index (κ2) is 7.09. The predicted octanol–water partition coefficient (Wildman–Crippen LogP) is 0.220. The predicted molar refractivity (Wildman–Crippen MR) is 62.9 cm³/mol. The van der Waals surface area contributed by atoms with Gasteiger partial charge in [0.15, 0.2) is 0 Å². The van der Waals surface area contributed by atoms with Crippen molar-refractivity contribution in [3.8, 4) is 0 Å². The van der Waals surface area contributed by atoms with Crippen molar-refractivity contribution in [2.45, 2.75) is 18.9 Å². The van der Waals surface area contributed by atoms with Crippen LogP contribution in [-0.2, 0) is 9.53 Å². The van der Waals surface area contributed by atoms with Crippen molar-refractivity contribution >= 4 is 17.7 Å². The van der Waals surface area contributed by atoms with E-state index in [4.69, 9.17) is 10.5 Å². The van der Waals surface area contributed by atoms with Gasteiger partial charge in [-0.2, -0.15) is 11.8 Å². The van der Waals surface area contributed by atoms with Crippen molar-refractivity contribution in [2.24, 2.45) is 11.7 Å². The van der Waals surface area contributed by atoms with Crippen LogP contribution in [0.2, 0.25) is 0 Å². The highest BCUT2D eigenvalue weighted by molar-refractivity contribution is 7.98. The Balaban J connectivity index is 2.11. The number of amides is 1. The molecule has 1 unspecified atom stereocenters. The molecule has 0 spiro atoms. The summed E-state index contributed by atoms with van der Waals surface area (Å²) in [7, 11) is 0. The average Bonchev–Trinajstić information content (AvgIpc) is 2.75. The molecule has 1 amide bonds. The van der Waals surface area contributed by atoms with Gasteiger partial charge in [-0.05, 0) is 24.9 Å². The fraction of sp³-hybridized carbons (Fsp3) is 0.900. The lowest BCUT2D eigenvalue weighted by molar-refractivity contribution is -0.122. The van der Waals surface area contributed by atoms with Crippen molar-refractivity contribution in [1.29, 1.82) is 0 Å². The number of nitrogens with two attached hydrogens (primary N) is 1. The van der Waals surface area contributed by atoms with E-state index >= 15 is 0 Å². The Labute approximate surface area is 95.3 Å². The molecule has 4 nitrogen and oxygen atoms in total. The fourth-order valence-corrected chi connectivity index (χ4v) is 1.99. The number of carbonyl (C=O) groups excluding carboxylic acids is 1. The van der Waals surface area contributed by atoms with Crippen LogP contribution < -0.4 is 11.1 Å². The quantitative estimate of drug-likeness (QED) is 0.687. The van der Waals surface area contributed by atoms with Gasteiger partial charge in [-0.15, -0.1) is 0 Å². The molecule has 0 aromatic heterocycles. The van der Waals surface area contributed by atoms with Crippen LogP contribution in [0.3, 0.4) is 0 Å². The first kappa shape index (κ1) is 12.8. The molecule has 5 heteroatoms. The maximum absolute atomic E-state index is 11.5. The molecule has 15 heavy (non-hydrogen) atoms. The van der Waals surface area contributed by atoms with Crippen LogP contribution in [-0.4, -0.2) is 43.7 Å². The van der Waals surface area contributed by atoms with Crippen molar-refractivity contribution < 1.29 is 9.53 Å². The highest BCUT2D eigenvalue weighted by Gasteiger charge is 2.18. The summed E-state index contributed by atoms with van der Waals surface area (Å²) in [5, 5.41) is 2.88. The van der Waals surface area contributed by atoms with Gasteiger partial charge in [-0.25, -0.2) is 0 Å². The summed E-state index contributed by atoms with van der Waals surface area (Å²) in [5.74, 6) is 1.37. The van der Waals surface area contributed by atoms with E-state index in [-0.39, 0.29) is 11.9 Å². The van der Waals surface area contributed by atoms with Crippen LogP contribution in [0, 0.1) is 5.92 Å². The number of carbonyl (C=O) groups is 1. The first-order chi connectivity index (χ1) is 7.24. The van der Waals surface area contributed by atoms with Crippen LogP contribution in [0.4, 0.5) is 0 Å². The molecule has 0 aliphatic carbocycles. The molecule has 1 heterocycles. The fourth-order valence-electron chi connectivity index (χ4n) is 1.50. The van der Waals surface area contributed by atoms with Gasteiger partial charge < -0.3 is 15.8 Å². The minimum Gasteiger partial charge on any atom is -0.381 e. The van der Waals surface area contributed by atoms with Gasteiger partial charge in [0, 0.05) is 19.1 Å². The van der Waals surface area contributed by atoms with Gasteiger partial charge in [0.2, 0.25) is 5.91 Å². The highest BCUT2D eigenvalue weighted by atomic mass is 32.2. The molecule has 0 aromatic rings. The molecule has 88 valence electrons. The third-order valence-corrected chi connectivity index (χ3v) is 3.20. The normalized spacial score (nSPS) is 22.7. The summed E-state index contributed by atoms with van der Waals surface area (Å²) in [6.07, 6.45) is 3.80. The van der Waals surface area contributed by atoms with E-state index in [1.807, 2.05) is 6.26 Å². The second-order valence-corrected chi connectivity index (χ2v) is 4.85. The molecule has 1 rings (SSSR count). The number of hydrogen-bond acceptors (Lipinski definition) is 4. The molecular weight excluding hydrogens is 212 g/mol. The minimum absolute atomic E-state index is 0.0315. The molecule has 0 bridgehead atoms. The van der Waals surface area contributed by atoms with Gasteiger partial charge in [-0.3, -0.25) is 4.79 Å². The largest absolute Gasteiger partial charge is 0.381 e. The van der Waals surface area contributed by atoms with Gasteiger partial charge in [0.25, 0.3) is 0 Å². The Kier molecular flexibility index (Phi) is 6.05. The molecule has 0 saturated carbocycles. The van der Waals surface area contributed by atoms with Crippen LogP contribution in [0.1, 0.15) is 12.8 Å². The SMILES string of the molecule is CSCC[C@H](N)C(=O)NCC1CCOC1. The van der Waals surface area contributed by atoms with Crippen LogP contribution >= 0.6 is 11.8 Å². The van der Waals surface area contributed by atoms with Gasteiger partial charge >= 0.3 is 0 Å². The molecule has 2 atom stereocenters. The van der Waals surface area contributed by atoms with Crippen LogP contribution in [0.5, 0.6) is 0 Å². The molecule has 0 aromatic carbocycles. The zero-order valence-electron chi connectivity index (χ0n) is 9.20. The molecule has 1 aliphatic heterocycles. The van der Waals surface area contributed by atoms with Gasteiger partial charge in [0.05, 0.1) is 12.6 Å². The van der Waals surface area contributed by atoms with Crippen LogP contribution in [0.15, 0.2) is 0 Å². The van der Waals surface area contributed by atoms with Gasteiger partial charge in [0.1, 0.15) is 0 Å². The van der Waals surface area contributed by atoms with E-state index in [9.17, 15) is 4.79 Å². The third-order valence-electron chi connectivity index (χ3n) is 2.56. The summed E-state index contributed by atoms with van der Waals surface area (Å²) in [5.41, 5.74) is 5.73.